The van der Waals surface area contributed by atoms with Crippen molar-refractivity contribution in [3.63, 3.8) is 0 Å². The van der Waals surface area contributed by atoms with E-state index in [-0.39, 0.29) is 47.3 Å². The molecule has 0 atom stereocenters. The summed E-state index contributed by atoms with van der Waals surface area (Å²) in [6.45, 7) is 12.7. The Morgan fingerprint density at radius 1 is 0.417 bits per heavy atom. The van der Waals surface area contributed by atoms with Crippen molar-refractivity contribution in [1.29, 1.82) is 0 Å². The van der Waals surface area contributed by atoms with Crippen molar-refractivity contribution < 1.29 is 14.4 Å². The fraction of sp³-hybridized carbons (Fsp3) is 0.211. The summed E-state index contributed by atoms with van der Waals surface area (Å²) in [6.07, 6.45) is 0. The second kappa shape index (κ2) is 22.7. The first kappa shape index (κ1) is 51.0. The van der Waals surface area contributed by atoms with Crippen molar-refractivity contribution in [2.45, 2.75) is 53.6 Å². The van der Waals surface area contributed by atoms with Gasteiger partial charge in [0, 0.05) is 56.0 Å². The van der Waals surface area contributed by atoms with Crippen LogP contribution in [0.25, 0.3) is 66.9 Å². The van der Waals surface area contributed by atoms with Gasteiger partial charge in [0.1, 0.15) is 17.1 Å². The van der Waals surface area contributed by atoms with Crippen LogP contribution in [-0.2, 0) is 0 Å². The van der Waals surface area contributed by atoms with Crippen LogP contribution in [0, 0.1) is 0 Å². The molecule has 0 unspecified atom stereocenters. The second-order valence-electron chi connectivity index (χ2n) is 17.4. The normalized spacial score (nSPS) is 10.9. The number of rotatable bonds is 7. The van der Waals surface area contributed by atoms with Crippen LogP contribution in [0.15, 0.2) is 178 Å². The van der Waals surface area contributed by atoms with Gasteiger partial charge in [-0.3, -0.25) is 14.4 Å². The molecule has 72 heavy (non-hydrogen) atoms. The molecule has 3 aromatic heterocycles. The first-order valence-corrected chi connectivity index (χ1v) is 23.7. The smallest absolute Gasteiger partial charge is 0.330 e. The summed E-state index contributed by atoms with van der Waals surface area (Å²) in [5.74, 6) is 0. The topological polar surface area (TPSA) is 166 Å². The van der Waals surface area contributed by atoms with Gasteiger partial charge >= 0.3 is 18.1 Å². The maximum atomic E-state index is 13.3. The largest absolute Gasteiger partial charge is 0.332 e. The lowest BCUT2D eigenvalue weighted by Gasteiger charge is -2.31. The van der Waals surface area contributed by atoms with E-state index >= 15 is 0 Å². The molecule has 366 valence electrons. The van der Waals surface area contributed by atoms with Gasteiger partial charge in [-0.1, -0.05) is 127 Å². The fourth-order valence-electron chi connectivity index (χ4n) is 8.31. The summed E-state index contributed by atoms with van der Waals surface area (Å²) in [4.78, 5) is 95.8. The number of benzene rings is 6. The SMILES string of the molecule is CC(C)N(C(=O)n1c(=O)c(-c2ccccc2)nc2ccccc21)C(C)C.CCN(CC)C(=O)n1c(=O)c(-c2ccccc2)nc2ccccc21.CN(C)C(=O)n1c(=O)c(-c2ccccc2)nc2ccccc21. The Kier molecular flexibility index (Phi) is 16.1. The Balaban J connectivity index is 0.000000159. The van der Waals surface area contributed by atoms with Crippen molar-refractivity contribution in [3.05, 3.63) is 195 Å². The molecule has 15 nitrogen and oxygen atoms in total. The number of aromatic nitrogens is 6. The van der Waals surface area contributed by atoms with Crippen LogP contribution < -0.4 is 16.7 Å². The summed E-state index contributed by atoms with van der Waals surface area (Å²) in [7, 11) is 3.23. The summed E-state index contributed by atoms with van der Waals surface area (Å²) < 4.78 is 3.66. The molecule has 0 saturated heterocycles. The number of hydrogen-bond donors (Lipinski definition) is 0. The number of fused-ring (bicyclic) bond motifs is 3. The van der Waals surface area contributed by atoms with Gasteiger partial charge in [-0.25, -0.2) is 43.0 Å². The zero-order valence-electron chi connectivity index (χ0n) is 41.6. The average Bonchev–Trinajstić information content (AvgIpc) is 3.39. The maximum Gasteiger partial charge on any atom is 0.332 e. The number of carbonyl (C=O) groups is 3. The van der Waals surface area contributed by atoms with Crippen molar-refractivity contribution >= 4 is 51.2 Å². The maximum absolute atomic E-state index is 13.3. The van der Waals surface area contributed by atoms with Crippen molar-refractivity contribution in [2.75, 3.05) is 27.2 Å². The van der Waals surface area contributed by atoms with E-state index in [1.54, 1.807) is 60.3 Å². The highest BCUT2D eigenvalue weighted by Gasteiger charge is 2.26. The van der Waals surface area contributed by atoms with E-state index in [2.05, 4.69) is 15.0 Å². The molecule has 0 aliphatic rings. The summed E-state index contributed by atoms with van der Waals surface area (Å²) in [5, 5.41) is 0. The zero-order valence-corrected chi connectivity index (χ0v) is 41.6. The van der Waals surface area contributed by atoms with Crippen LogP contribution in [0.1, 0.15) is 41.5 Å². The van der Waals surface area contributed by atoms with E-state index in [0.717, 1.165) is 0 Å². The molecule has 0 aliphatic carbocycles. The van der Waals surface area contributed by atoms with Crippen LogP contribution in [-0.4, -0.2) is 101 Å². The van der Waals surface area contributed by atoms with Gasteiger partial charge in [0.05, 0.1) is 33.1 Å². The Morgan fingerprint density at radius 2 is 0.694 bits per heavy atom. The standard InChI is InChI=1S/C21H23N3O2.C19H19N3O2.C17H15N3O2/c1-14(2)23(15(3)4)21(26)24-18-13-9-8-12-17(18)22-19(20(24)25)16-10-6-5-7-11-16;1-3-21(4-2)19(24)22-16-13-9-8-12-15(16)20-17(18(22)23)14-10-6-5-7-11-14;1-19(2)17(22)20-14-11-7-6-10-13(14)18-15(16(20)21)12-8-4-3-5-9-12/h5-15H,1-4H3;5-13H,3-4H2,1-2H3;3-11H,1-2H3. The van der Waals surface area contributed by atoms with Crippen molar-refractivity contribution in [3.8, 4) is 33.8 Å². The number of hydrogen-bond acceptors (Lipinski definition) is 9. The monoisotopic (exact) mass is 963 g/mol. The second-order valence-corrected chi connectivity index (χ2v) is 17.4. The molecule has 6 aromatic carbocycles. The highest BCUT2D eigenvalue weighted by atomic mass is 16.2. The molecule has 0 bridgehead atoms. The van der Waals surface area contributed by atoms with Crippen LogP contribution in [0.3, 0.4) is 0 Å². The third-order valence-electron chi connectivity index (χ3n) is 11.7. The third-order valence-corrected chi connectivity index (χ3v) is 11.7. The van der Waals surface area contributed by atoms with E-state index in [4.69, 9.17) is 0 Å². The third kappa shape index (κ3) is 10.6. The molecule has 0 radical (unpaired) electrons. The Morgan fingerprint density at radius 3 is 0.986 bits per heavy atom. The highest BCUT2D eigenvalue weighted by Crippen LogP contribution is 2.22. The van der Waals surface area contributed by atoms with Gasteiger partial charge in [0.15, 0.2) is 0 Å². The van der Waals surface area contributed by atoms with Crippen LogP contribution in [0.4, 0.5) is 14.4 Å². The summed E-state index contributed by atoms with van der Waals surface area (Å²) in [5.41, 5.74) is 5.14. The summed E-state index contributed by atoms with van der Waals surface area (Å²) >= 11 is 0. The van der Waals surface area contributed by atoms with Crippen LogP contribution >= 0.6 is 0 Å². The molecule has 0 aliphatic heterocycles. The minimum Gasteiger partial charge on any atom is -0.330 e. The average molecular weight is 964 g/mol. The highest BCUT2D eigenvalue weighted by molar-refractivity contribution is 5.92. The Labute approximate surface area is 416 Å². The molecule has 0 saturated carbocycles. The van der Waals surface area contributed by atoms with E-state index in [1.807, 2.05) is 169 Å². The lowest BCUT2D eigenvalue weighted by molar-refractivity contribution is 0.166. The van der Waals surface area contributed by atoms with Crippen molar-refractivity contribution in [1.82, 2.24) is 43.4 Å². The minimum absolute atomic E-state index is 0.0264. The lowest BCUT2D eigenvalue weighted by Crippen LogP contribution is -2.47. The van der Waals surface area contributed by atoms with Gasteiger partial charge in [-0.05, 0) is 77.9 Å². The first-order valence-electron chi connectivity index (χ1n) is 23.7. The molecule has 0 spiro atoms. The predicted octanol–water partition coefficient (Wildman–Crippen LogP) is 10.1. The van der Waals surface area contributed by atoms with E-state index in [0.29, 0.717) is 62.9 Å². The van der Waals surface area contributed by atoms with E-state index in [9.17, 15) is 28.8 Å². The minimum atomic E-state index is -0.413. The molecule has 9 rings (SSSR count). The lowest BCUT2D eigenvalue weighted by atomic mass is 10.1. The molecular weight excluding hydrogens is 907 g/mol. The molecule has 15 heteroatoms. The molecule has 0 N–H and O–H groups in total. The molecule has 3 heterocycles. The van der Waals surface area contributed by atoms with Gasteiger partial charge in [0.2, 0.25) is 0 Å². The number of carbonyl (C=O) groups excluding carboxylic acids is 3. The number of nitrogens with zero attached hydrogens (tertiary/aromatic N) is 9. The van der Waals surface area contributed by atoms with Gasteiger partial charge in [-0.15, -0.1) is 0 Å². The van der Waals surface area contributed by atoms with Crippen molar-refractivity contribution in [2.24, 2.45) is 0 Å². The molecule has 0 fully saturated rings. The first-order chi connectivity index (χ1) is 34.7. The Hall–Kier alpha value is -8.85. The van der Waals surface area contributed by atoms with Gasteiger partial charge in [0.25, 0.3) is 16.7 Å². The molecule has 9 aromatic rings. The van der Waals surface area contributed by atoms with E-state index in [1.165, 1.54) is 18.6 Å². The fourth-order valence-corrected chi connectivity index (χ4v) is 8.31. The molecular formula is C57H57N9O6. The quantitative estimate of drug-likeness (QED) is 0.151. The predicted molar refractivity (Wildman–Crippen MR) is 285 cm³/mol. The molecule has 3 amide bonds. The number of para-hydroxylation sites is 6. The van der Waals surface area contributed by atoms with Crippen LogP contribution in [0.2, 0.25) is 0 Å². The van der Waals surface area contributed by atoms with Gasteiger partial charge in [-0.2, -0.15) is 0 Å². The number of amides is 3. The van der Waals surface area contributed by atoms with Crippen LogP contribution in [0.5, 0.6) is 0 Å². The van der Waals surface area contributed by atoms with E-state index < -0.39 is 16.7 Å². The van der Waals surface area contributed by atoms with Gasteiger partial charge < -0.3 is 14.7 Å². The zero-order chi connectivity index (χ0) is 51.6. The summed E-state index contributed by atoms with van der Waals surface area (Å²) in [6, 6.07) is 48.1. The Bertz CT molecular complexity index is 3560.